The second-order valence-electron chi connectivity index (χ2n) is 4.74. The Morgan fingerprint density at radius 2 is 1.67 bits per heavy atom. The summed E-state index contributed by atoms with van der Waals surface area (Å²) in [5.74, 6) is -1.37. The number of aliphatic carboxylic acids is 1. The quantitative estimate of drug-likeness (QED) is 0.677. The SMILES string of the molecule is CC(=O)Oc1ccc(C[C@@H](C(=O)O)c2ccccc2)cc1. The zero-order chi connectivity index (χ0) is 15.2. The average Bonchev–Trinajstić information content (AvgIpc) is 2.46. The van der Waals surface area contributed by atoms with Crippen molar-refractivity contribution in [2.24, 2.45) is 0 Å². The standard InChI is InChI=1S/C17H16O4/c1-12(18)21-15-9-7-13(8-10-15)11-16(17(19)20)14-5-3-2-4-6-14/h2-10,16H,11H2,1H3,(H,19,20)/t16-/m1/s1. The van der Waals surface area contributed by atoms with Crippen molar-refractivity contribution in [3.63, 3.8) is 0 Å². The number of carbonyl (C=O) groups excluding carboxylic acids is 1. The molecule has 0 spiro atoms. The Balaban J connectivity index is 2.14. The lowest BCUT2D eigenvalue weighted by Crippen LogP contribution is -2.14. The van der Waals surface area contributed by atoms with E-state index in [-0.39, 0.29) is 5.97 Å². The van der Waals surface area contributed by atoms with E-state index in [0.717, 1.165) is 11.1 Å². The molecule has 0 heterocycles. The van der Waals surface area contributed by atoms with Gasteiger partial charge >= 0.3 is 11.9 Å². The van der Waals surface area contributed by atoms with Gasteiger partial charge in [-0.3, -0.25) is 9.59 Å². The molecule has 0 saturated carbocycles. The summed E-state index contributed by atoms with van der Waals surface area (Å²) < 4.78 is 4.95. The molecule has 0 fully saturated rings. The molecule has 4 nitrogen and oxygen atoms in total. The van der Waals surface area contributed by atoms with Crippen LogP contribution in [0.15, 0.2) is 54.6 Å². The molecule has 0 amide bonds. The molecule has 2 rings (SSSR count). The topological polar surface area (TPSA) is 63.6 Å². The molecule has 21 heavy (non-hydrogen) atoms. The van der Waals surface area contributed by atoms with Gasteiger partial charge in [-0.05, 0) is 29.7 Å². The van der Waals surface area contributed by atoms with E-state index in [4.69, 9.17) is 4.74 Å². The number of ether oxygens (including phenoxy) is 1. The molecule has 4 heteroatoms. The first-order valence-electron chi connectivity index (χ1n) is 6.61. The van der Waals surface area contributed by atoms with Gasteiger partial charge in [-0.2, -0.15) is 0 Å². The maximum absolute atomic E-state index is 11.4. The summed E-state index contributed by atoms with van der Waals surface area (Å²) in [5.41, 5.74) is 1.65. The Morgan fingerprint density at radius 1 is 1.05 bits per heavy atom. The summed E-state index contributed by atoms with van der Waals surface area (Å²) >= 11 is 0. The van der Waals surface area contributed by atoms with Crippen LogP contribution in [0.5, 0.6) is 5.75 Å². The van der Waals surface area contributed by atoms with E-state index >= 15 is 0 Å². The minimum atomic E-state index is -0.856. The molecule has 0 aliphatic rings. The predicted octanol–water partition coefficient (Wildman–Crippen LogP) is 3.02. The van der Waals surface area contributed by atoms with Crippen molar-refractivity contribution in [1.82, 2.24) is 0 Å². The summed E-state index contributed by atoms with van der Waals surface area (Å²) in [7, 11) is 0. The van der Waals surface area contributed by atoms with Crippen molar-refractivity contribution in [3.05, 3.63) is 65.7 Å². The molecule has 0 bridgehead atoms. The highest BCUT2D eigenvalue weighted by Gasteiger charge is 2.20. The van der Waals surface area contributed by atoms with E-state index in [1.54, 1.807) is 24.3 Å². The van der Waals surface area contributed by atoms with Crippen molar-refractivity contribution < 1.29 is 19.4 Å². The van der Waals surface area contributed by atoms with E-state index in [9.17, 15) is 14.7 Å². The highest BCUT2D eigenvalue weighted by atomic mass is 16.5. The monoisotopic (exact) mass is 284 g/mol. The first kappa shape index (κ1) is 14.8. The van der Waals surface area contributed by atoms with Gasteiger partial charge in [-0.15, -0.1) is 0 Å². The first-order chi connectivity index (χ1) is 10.1. The van der Waals surface area contributed by atoms with E-state index in [1.807, 2.05) is 30.3 Å². The first-order valence-corrected chi connectivity index (χ1v) is 6.61. The zero-order valence-corrected chi connectivity index (χ0v) is 11.7. The second-order valence-corrected chi connectivity index (χ2v) is 4.74. The maximum Gasteiger partial charge on any atom is 0.311 e. The summed E-state index contributed by atoms with van der Waals surface area (Å²) in [6.07, 6.45) is 0.389. The Bertz CT molecular complexity index is 617. The van der Waals surface area contributed by atoms with E-state index in [1.165, 1.54) is 6.92 Å². The summed E-state index contributed by atoms with van der Waals surface area (Å²) in [5, 5.41) is 9.39. The number of rotatable bonds is 5. The molecule has 108 valence electrons. The van der Waals surface area contributed by atoms with Crippen molar-refractivity contribution in [2.45, 2.75) is 19.3 Å². The second kappa shape index (κ2) is 6.70. The number of carboxylic acid groups (broad SMARTS) is 1. The molecule has 0 radical (unpaired) electrons. The highest BCUT2D eigenvalue weighted by Crippen LogP contribution is 2.22. The number of hydrogen-bond acceptors (Lipinski definition) is 3. The zero-order valence-electron chi connectivity index (χ0n) is 11.7. The van der Waals surface area contributed by atoms with Crippen LogP contribution in [0.4, 0.5) is 0 Å². The number of carbonyl (C=O) groups is 2. The van der Waals surface area contributed by atoms with Crippen molar-refractivity contribution in [3.8, 4) is 5.75 Å². The van der Waals surface area contributed by atoms with Crippen LogP contribution in [-0.4, -0.2) is 17.0 Å². The van der Waals surface area contributed by atoms with Crippen LogP contribution in [0.2, 0.25) is 0 Å². The van der Waals surface area contributed by atoms with Gasteiger partial charge in [0.1, 0.15) is 5.75 Å². The van der Waals surface area contributed by atoms with Gasteiger partial charge in [0.25, 0.3) is 0 Å². The summed E-state index contributed by atoms with van der Waals surface area (Å²) in [6.45, 7) is 1.34. The van der Waals surface area contributed by atoms with Crippen molar-refractivity contribution >= 4 is 11.9 Å². The minimum Gasteiger partial charge on any atom is -0.481 e. The largest absolute Gasteiger partial charge is 0.481 e. The number of carboxylic acids is 1. The molecular weight excluding hydrogens is 268 g/mol. The van der Waals surface area contributed by atoms with Gasteiger partial charge in [0, 0.05) is 6.92 Å². The van der Waals surface area contributed by atoms with Crippen molar-refractivity contribution in [2.75, 3.05) is 0 Å². The average molecular weight is 284 g/mol. The minimum absolute atomic E-state index is 0.379. The third kappa shape index (κ3) is 4.18. The third-order valence-corrected chi connectivity index (χ3v) is 3.12. The van der Waals surface area contributed by atoms with Gasteiger partial charge in [0.05, 0.1) is 5.92 Å². The van der Waals surface area contributed by atoms with Crippen LogP contribution in [-0.2, 0) is 16.0 Å². The Labute approximate surface area is 123 Å². The lowest BCUT2D eigenvalue weighted by molar-refractivity contribution is -0.138. The van der Waals surface area contributed by atoms with E-state index in [2.05, 4.69) is 0 Å². The Kier molecular flexibility index (Phi) is 4.72. The van der Waals surface area contributed by atoms with Crippen LogP contribution in [0, 0.1) is 0 Å². The summed E-state index contributed by atoms with van der Waals surface area (Å²) in [6, 6.07) is 16.0. The maximum atomic E-state index is 11.4. The van der Waals surface area contributed by atoms with Crippen LogP contribution in [0.3, 0.4) is 0 Å². The molecule has 1 atom stereocenters. The number of hydrogen-bond donors (Lipinski definition) is 1. The predicted molar refractivity (Wildman–Crippen MR) is 78.3 cm³/mol. The number of esters is 1. The van der Waals surface area contributed by atoms with Gasteiger partial charge < -0.3 is 9.84 Å². The molecule has 0 unspecified atom stereocenters. The highest BCUT2D eigenvalue weighted by molar-refractivity contribution is 5.76. The van der Waals surface area contributed by atoms with Gasteiger partial charge in [0.15, 0.2) is 0 Å². The molecule has 0 saturated heterocycles. The third-order valence-electron chi connectivity index (χ3n) is 3.12. The number of benzene rings is 2. The fourth-order valence-electron chi connectivity index (χ4n) is 2.13. The van der Waals surface area contributed by atoms with Crippen LogP contribution >= 0.6 is 0 Å². The fourth-order valence-corrected chi connectivity index (χ4v) is 2.13. The van der Waals surface area contributed by atoms with Crippen LogP contribution < -0.4 is 4.74 Å². The summed E-state index contributed by atoms with van der Waals surface area (Å²) in [4.78, 5) is 22.3. The molecule has 2 aromatic rings. The molecule has 0 aliphatic carbocycles. The van der Waals surface area contributed by atoms with Crippen LogP contribution in [0.1, 0.15) is 24.0 Å². The molecule has 2 aromatic carbocycles. The smallest absolute Gasteiger partial charge is 0.311 e. The molecule has 0 aliphatic heterocycles. The lowest BCUT2D eigenvalue weighted by Gasteiger charge is -2.13. The fraction of sp³-hybridized carbons (Fsp3) is 0.176. The lowest BCUT2D eigenvalue weighted by atomic mass is 9.92. The van der Waals surface area contributed by atoms with Gasteiger partial charge in [0.2, 0.25) is 0 Å². The van der Waals surface area contributed by atoms with Gasteiger partial charge in [-0.1, -0.05) is 42.5 Å². The van der Waals surface area contributed by atoms with Gasteiger partial charge in [-0.25, -0.2) is 0 Å². The van der Waals surface area contributed by atoms with Crippen LogP contribution in [0.25, 0.3) is 0 Å². The van der Waals surface area contributed by atoms with E-state index < -0.39 is 11.9 Å². The normalized spacial score (nSPS) is 11.7. The molecule has 1 N–H and O–H groups in total. The molecular formula is C17H16O4. The van der Waals surface area contributed by atoms with E-state index in [0.29, 0.717) is 12.2 Å². The van der Waals surface area contributed by atoms with Crippen molar-refractivity contribution in [1.29, 1.82) is 0 Å². The molecule has 0 aromatic heterocycles. The Morgan fingerprint density at radius 3 is 2.19 bits per heavy atom. The Hall–Kier alpha value is -2.62.